The molecular weight excluding hydrogens is 664 g/mol. The second-order valence-electron chi connectivity index (χ2n) is 14.6. The van der Waals surface area contributed by atoms with Crippen molar-refractivity contribution in [2.24, 2.45) is 5.92 Å². The highest BCUT2D eigenvalue weighted by Crippen LogP contribution is 2.35. The molecule has 0 N–H and O–H groups in total. The van der Waals surface area contributed by atoms with Crippen LogP contribution in [-0.2, 0) is 59.6 Å². The Morgan fingerprint density at radius 2 is 1.04 bits per heavy atom. The van der Waals surface area contributed by atoms with E-state index in [0.29, 0.717) is 39.5 Å². The summed E-state index contributed by atoms with van der Waals surface area (Å²) in [5, 5.41) is 0. The molecule has 2 unspecified atom stereocenters. The van der Waals surface area contributed by atoms with E-state index in [9.17, 15) is 0 Å². The third kappa shape index (κ3) is 11.4. The average Bonchev–Trinajstić information content (AvgIpc) is 3.52. The Morgan fingerprint density at radius 1 is 0.585 bits per heavy atom. The molecule has 0 bridgehead atoms. The third-order valence-corrected chi connectivity index (χ3v) is 9.93. The predicted octanol–water partition coefficient (Wildman–Crippen LogP) is 9.24. The molecule has 2 aliphatic rings. The standard InChI is InChI=1S/C46H56O7/c1-5-39-42(53-46(3,4)52-39)34(2)19-18-28-40-43(48-30-36-22-12-7-13-23-36)45(50-32-38-26-16-9-17-27-38)44(49-31-37-24-14-8-15-25-37)41(51-40)33-47-29-35-20-10-6-11-21-35/h6-27,34,39-45H,5,28-33H2,1-4H3/b19-18+/t34-,39+,40-,41?,42-,43?,44-,45+/m0/s1. The highest BCUT2D eigenvalue weighted by atomic mass is 16.8. The summed E-state index contributed by atoms with van der Waals surface area (Å²) in [4.78, 5) is 0. The molecular formula is C46H56O7. The molecule has 7 nitrogen and oxygen atoms in total. The maximum Gasteiger partial charge on any atom is 0.163 e. The lowest BCUT2D eigenvalue weighted by Crippen LogP contribution is -2.61. The fourth-order valence-corrected chi connectivity index (χ4v) is 7.24. The Bertz CT molecular complexity index is 1630. The molecule has 2 saturated heterocycles. The van der Waals surface area contributed by atoms with E-state index in [-0.39, 0.29) is 24.2 Å². The molecule has 2 heterocycles. The van der Waals surface area contributed by atoms with Crippen molar-refractivity contribution in [3.05, 3.63) is 156 Å². The van der Waals surface area contributed by atoms with Crippen LogP contribution in [0.3, 0.4) is 0 Å². The molecule has 0 aromatic heterocycles. The molecule has 0 amide bonds. The topological polar surface area (TPSA) is 64.6 Å². The molecule has 0 aliphatic carbocycles. The van der Waals surface area contributed by atoms with Gasteiger partial charge in [0.2, 0.25) is 0 Å². The minimum Gasteiger partial charge on any atom is -0.374 e. The minimum atomic E-state index is -0.596. The minimum absolute atomic E-state index is 0.0273. The average molecular weight is 721 g/mol. The Kier molecular flexibility index (Phi) is 14.4. The van der Waals surface area contributed by atoms with Gasteiger partial charge < -0.3 is 33.2 Å². The van der Waals surface area contributed by atoms with E-state index in [0.717, 1.165) is 28.7 Å². The molecule has 4 aromatic rings. The van der Waals surface area contributed by atoms with Crippen LogP contribution in [0.15, 0.2) is 133 Å². The van der Waals surface area contributed by atoms with Gasteiger partial charge in [-0.15, -0.1) is 0 Å². The van der Waals surface area contributed by atoms with Gasteiger partial charge >= 0.3 is 0 Å². The van der Waals surface area contributed by atoms with E-state index in [2.05, 4.69) is 74.5 Å². The lowest BCUT2D eigenvalue weighted by atomic mass is 9.91. The summed E-state index contributed by atoms with van der Waals surface area (Å²) in [5.41, 5.74) is 4.34. The summed E-state index contributed by atoms with van der Waals surface area (Å²) in [5.74, 6) is -0.451. The van der Waals surface area contributed by atoms with Gasteiger partial charge in [0.05, 0.1) is 51.3 Å². The smallest absolute Gasteiger partial charge is 0.163 e. The summed E-state index contributed by atoms with van der Waals surface area (Å²) in [6.07, 6.45) is 3.87. The van der Waals surface area contributed by atoms with Gasteiger partial charge in [-0.25, -0.2) is 0 Å². The summed E-state index contributed by atoms with van der Waals surface area (Å²) < 4.78 is 46.5. The molecule has 282 valence electrons. The highest BCUT2D eigenvalue weighted by Gasteiger charge is 2.48. The van der Waals surface area contributed by atoms with Gasteiger partial charge in [-0.1, -0.05) is 147 Å². The first kappa shape index (κ1) is 39.0. The van der Waals surface area contributed by atoms with E-state index < -0.39 is 30.2 Å². The zero-order valence-corrected chi connectivity index (χ0v) is 31.6. The molecule has 2 fully saturated rings. The summed E-state index contributed by atoms with van der Waals surface area (Å²) in [6.45, 7) is 10.4. The van der Waals surface area contributed by atoms with Crippen LogP contribution in [0.1, 0.15) is 62.8 Å². The number of rotatable bonds is 18. The van der Waals surface area contributed by atoms with Gasteiger partial charge in [-0.3, -0.25) is 0 Å². The molecule has 2 aliphatic heterocycles. The number of hydrogen-bond donors (Lipinski definition) is 0. The lowest BCUT2D eigenvalue weighted by Gasteiger charge is -2.46. The van der Waals surface area contributed by atoms with Crippen molar-refractivity contribution in [3.63, 3.8) is 0 Å². The first-order chi connectivity index (χ1) is 25.9. The normalized spacial score (nSPS) is 26.2. The van der Waals surface area contributed by atoms with Crippen LogP contribution in [-0.4, -0.2) is 55.1 Å². The number of ether oxygens (including phenoxy) is 7. The molecule has 0 spiro atoms. The van der Waals surface area contributed by atoms with Gasteiger partial charge in [-0.2, -0.15) is 0 Å². The zero-order valence-electron chi connectivity index (χ0n) is 31.6. The maximum absolute atomic E-state index is 7.03. The summed E-state index contributed by atoms with van der Waals surface area (Å²) in [7, 11) is 0. The first-order valence-corrected chi connectivity index (χ1v) is 19.1. The van der Waals surface area contributed by atoms with Crippen LogP contribution >= 0.6 is 0 Å². The maximum atomic E-state index is 7.03. The number of hydrogen-bond acceptors (Lipinski definition) is 7. The zero-order chi connectivity index (χ0) is 36.9. The van der Waals surface area contributed by atoms with Crippen LogP contribution in [0.4, 0.5) is 0 Å². The van der Waals surface area contributed by atoms with Crippen LogP contribution in [0.25, 0.3) is 0 Å². The van der Waals surface area contributed by atoms with Gasteiger partial charge in [0, 0.05) is 5.92 Å². The van der Waals surface area contributed by atoms with Gasteiger partial charge in [0.1, 0.15) is 24.4 Å². The Labute approximate surface area is 316 Å². The van der Waals surface area contributed by atoms with E-state index >= 15 is 0 Å². The summed E-state index contributed by atoms with van der Waals surface area (Å²) >= 11 is 0. The van der Waals surface area contributed by atoms with E-state index in [1.54, 1.807) is 0 Å². The second kappa shape index (κ2) is 19.6. The largest absolute Gasteiger partial charge is 0.374 e. The van der Waals surface area contributed by atoms with Crippen molar-refractivity contribution >= 4 is 0 Å². The van der Waals surface area contributed by atoms with Gasteiger partial charge in [0.15, 0.2) is 5.79 Å². The highest BCUT2D eigenvalue weighted by molar-refractivity contribution is 5.17. The predicted molar refractivity (Wildman–Crippen MR) is 207 cm³/mol. The quantitative estimate of drug-likeness (QED) is 0.0950. The fourth-order valence-electron chi connectivity index (χ4n) is 7.24. The molecule has 0 radical (unpaired) electrons. The molecule has 8 atom stereocenters. The van der Waals surface area contributed by atoms with Crippen molar-refractivity contribution in [2.45, 2.75) is 115 Å². The van der Waals surface area contributed by atoms with Crippen molar-refractivity contribution in [3.8, 4) is 0 Å². The van der Waals surface area contributed by atoms with Crippen molar-refractivity contribution in [1.82, 2.24) is 0 Å². The van der Waals surface area contributed by atoms with Crippen LogP contribution in [0.5, 0.6) is 0 Å². The number of benzene rings is 4. The van der Waals surface area contributed by atoms with Crippen LogP contribution in [0, 0.1) is 5.92 Å². The Balaban J connectivity index is 1.28. The lowest BCUT2D eigenvalue weighted by molar-refractivity contribution is -0.271. The molecule has 4 aromatic carbocycles. The SMILES string of the molecule is CC[C@H]1OC(C)(C)O[C@H]1[C@@H](C)/C=C/C[C@@H]1OC(COCc2ccccc2)[C@H](OCc2ccccc2)[C@H](OCc2ccccc2)C1OCc1ccccc1. The second-order valence-corrected chi connectivity index (χ2v) is 14.6. The van der Waals surface area contributed by atoms with Gasteiger partial charge in [0.25, 0.3) is 0 Å². The molecule has 53 heavy (non-hydrogen) atoms. The fraction of sp³-hybridized carbons (Fsp3) is 0.435. The van der Waals surface area contributed by atoms with Crippen molar-refractivity contribution in [2.75, 3.05) is 6.61 Å². The van der Waals surface area contributed by atoms with Crippen molar-refractivity contribution in [1.29, 1.82) is 0 Å². The van der Waals surface area contributed by atoms with Gasteiger partial charge in [-0.05, 0) is 48.9 Å². The first-order valence-electron chi connectivity index (χ1n) is 19.1. The summed E-state index contributed by atoms with van der Waals surface area (Å²) in [6, 6.07) is 40.9. The Hall–Kier alpha value is -3.66. The third-order valence-electron chi connectivity index (χ3n) is 9.93. The van der Waals surface area contributed by atoms with E-state index in [4.69, 9.17) is 33.2 Å². The Morgan fingerprint density at radius 3 is 1.53 bits per heavy atom. The molecule has 6 rings (SSSR count). The van der Waals surface area contributed by atoms with Crippen LogP contribution in [0.2, 0.25) is 0 Å². The molecule has 7 heteroatoms. The molecule has 0 saturated carbocycles. The van der Waals surface area contributed by atoms with E-state index in [1.165, 1.54) is 0 Å². The van der Waals surface area contributed by atoms with Crippen molar-refractivity contribution < 1.29 is 33.2 Å². The van der Waals surface area contributed by atoms with E-state index in [1.807, 2.05) is 86.6 Å². The monoisotopic (exact) mass is 720 g/mol. The van der Waals surface area contributed by atoms with Crippen LogP contribution < -0.4 is 0 Å².